The van der Waals surface area contributed by atoms with Gasteiger partial charge in [0.25, 0.3) is 11.5 Å². The molecule has 0 spiro atoms. The molecule has 1 aliphatic rings. The van der Waals surface area contributed by atoms with Crippen molar-refractivity contribution in [2.75, 3.05) is 18.0 Å². The number of nitrogens with zero attached hydrogens (tertiary/aromatic N) is 3. The number of amides is 1. The Kier molecular flexibility index (Phi) is 4.88. The van der Waals surface area contributed by atoms with Gasteiger partial charge in [0.05, 0.1) is 6.33 Å². The second kappa shape index (κ2) is 7.25. The van der Waals surface area contributed by atoms with Gasteiger partial charge in [-0.1, -0.05) is 13.3 Å². The number of anilines is 1. The molecular formula is C17H21N5O2. The molecule has 0 bridgehead atoms. The van der Waals surface area contributed by atoms with E-state index in [0.29, 0.717) is 17.9 Å². The molecule has 1 saturated heterocycles. The molecule has 0 aliphatic carbocycles. The van der Waals surface area contributed by atoms with Crippen LogP contribution >= 0.6 is 0 Å². The number of hydrogen-bond acceptors (Lipinski definition) is 5. The van der Waals surface area contributed by atoms with Crippen molar-refractivity contribution < 1.29 is 4.79 Å². The molecule has 2 aromatic heterocycles. The normalized spacial score (nSPS) is 17.0. The van der Waals surface area contributed by atoms with Crippen LogP contribution < -0.4 is 15.8 Å². The molecule has 1 aliphatic heterocycles. The molecule has 1 atom stereocenters. The fourth-order valence-corrected chi connectivity index (χ4v) is 2.90. The lowest BCUT2D eigenvalue weighted by molar-refractivity contribution is 0.0940. The van der Waals surface area contributed by atoms with E-state index in [-0.39, 0.29) is 17.5 Å². The maximum absolute atomic E-state index is 12.4. The molecule has 1 unspecified atom stereocenters. The lowest BCUT2D eigenvalue weighted by Crippen LogP contribution is -2.37. The maximum atomic E-state index is 12.4. The van der Waals surface area contributed by atoms with Crippen molar-refractivity contribution in [3.8, 4) is 0 Å². The second-order valence-corrected chi connectivity index (χ2v) is 5.96. The quantitative estimate of drug-likeness (QED) is 0.859. The summed E-state index contributed by atoms with van der Waals surface area (Å²) in [6, 6.07) is 5.11. The number of carbonyl (C=O) groups excluding carboxylic acids is 1. The van der Waals surface area contributed by atoms with Crippen LogP contribution in [0.15, 0.2) is 35.5 Å². The highest BCUT2D eigenvalue weighted by atomic mass is 16.1. The zero-order chi connectivity index (χ0) is 16.9. The van der Waals surface area contributed by atoms with Gasteiger partial charge in [0.15, 0.2) is 0 Å². The molecule has 2 N–H and O–H groups in total. The fourth-order valence-electron chi connectivity index (χ4n) is 2.90. The summed E-state index contributed by atoms with van der Waals surface area (Å²) < 4.78 is 0. The van der Waals surface area contributed by atoms with E-state index in [1.54, 1.807) is 12.3 Å². The van der Waals surface area contributed by atoms with Gasteiger partial charge in [-0.2, -0.15) is 0 Å². The molecule has 126 valence electrons. The minimum Gasteiger partial charge on any atom is -0.354 e. The van der Waals surface area contributed by atoms with E-state index < -0.39 is 0 Å². The van der Waals surface area contributed by atoms with Crippen molar-refractivity contribution in [3.63, 3.8) is 0 Å². The highest BCUT2D eigenvalue weighted by Gasteiger charge is 2.25. The van der Waals surface area contributed by atoms with Crippen LogP contribution in [0.1, 0.15) is 35.8 Å². The van der Waals surface area contributed by atoms with Gasteiger partial charge < -0.3 is 15.2 Å². The number of H-pyrrole nitrogens is 1. The molecule has 3 rings (SSSR count). The van der Waals surface area contributed by atoms with Gasteiger partial charge in [0.1, 0.15) is 5.82 Å². The Balaban J connectivity index is 1.62. The number of aromatic nitrogens is 3. The summed E-state index contributed by atoms with van der Waals surface area (Å²) in [4.78, 5) is 36.8. The standard InChI is InChI=1S/C17H21N5O2/c1-2-3-13-8-12(4-6-18-13)17(24)21-14-5-7-22(10-14)15-9-16(23)20-11-19-15/h4,6,8-9,11,14H,2-3,5,7,10H2,1H3,(H,21,24)(H,19,20,23). The van der Waals surface area contributed by atoms with Crippen LogP contribution in [-0.4, -0.2) is 40.0 Å². The molecule has 2 aromatic rings. The summed E-state index contributed by atoms with van der Waals surface area (Å²) >= 11 is 0. The Morgan fingerprint density at radius 2 is 2.29 bits per heavy atom. The predicted molar refractivity (Wildman–Crippen MR) is 91.2 cm³/mol. The Hall–Kier alpha value is -2.70. The number of nitrogens with one attached hydrogen (secondary N) is 2. The molecule has 24 heavy (non-hydrogen) atoms. The van der Waals surface area contributed by atoms with E-state index in [1.807, 2.05) is 11.0 Å². The average molecular weight is 327 g/mol. The first-order valence-electron chi connectivity index (χ1n) is 8.21. The third-order valence-electron chi connectivity index (χ3n) is 4.10. The van der Waals surface area contributed by atoms with E-state index in [2.05, 4.69) is 27.2 Å². The summed E-state index contributed by atoms with van der Waals surface area (Å²) in [7, 11) is 0. The molecule has 0 aromatic carbocycles. The maximum Gasteiger partial charge on any atom is 0.252 e. The van der Waals surface area contributed by atoms with Crippen molar-refractivity contribution in [2.24, 2.45) is 0 Å². The monoisotopic (exact) mass is 327 g/mol. The van der Waals surface area contributed by atoms with Crippen molar-refractivity contribution in [2.45, 2.75) is 32.2 Å². The summed E-state index contributed by atoms with van der Waals surface area (Å²) in [5, 5.41) is 3.06. The SMILES string of the molecule is CCCc1cc(C(=O)NC2CCN(c3cc(=O)[nH]cn3)C2)ccn1. The molecular weight excluding hydrogens is 306 g/mol. The van der Waals surface area contributed by atoms with E-state index in [9.17, 15) is 9.59 Å². The topological polar surface area (TPSA) is 91.0 Å². The first-order chi connectivity index (χ1) is 11.7. The molecule has 7 nitrogen and oxygen atoms in total. The van der Waals surface area contributed by atoms with Gasteiger partial charge in [-0.05, 0) is 25.0 Å². The third-order valence-corrected chi connectivity index (χ3v) is 4.10. The smallest absolute Gasteiger partial charge is 0.252 e. The largest absolute Gasteiger partial charge is 0.354 e. The van der Waals surface area contributed by atoms with Crippen LogP contribution in [0.5, 0.6) is 0 Å². The zero-order valence-corrected chi connectivity index (χ0v) is 13.7. The zero-order valence-electron chi connectivity index (χ0n) is 13.7. The van der Waals surface area contributed by atoms with Crippen LogP contribution in [0.3, 0.4) is 0 Å². The van der Waals surface area contributed by atoms with Crippen LogP contribution in [0.4, 0.5) is 5.82 Å². The number of hydrogen-bond donors (Lipinski definition) is 2. The van der Waals surface area contributed by atoms with Crippen molar-refractivity contribution in [1.29, 1.82) is 0 Å². The van der Waals surface area contributed by atoms with Crippen molar-refractivity contribution >= 4 is 11.7 Å². The Morgan fingerprint density at radius 1 is 1.42 bits per heavy atom. The number of rotatable bonds is 5. The molecule has 1 fully saturated rings. The fraction of sp³-hybridized carbons (Fsp3) is 0.412. The molecule has 0 radical (unpaired) electrons. The number of pyridine rings is 1. The van der Waals surface area contributed by atoms with Crippen LogP contribution in [-0.2, 0) is 6.42 Å². The Labute approximate surface area is 140 Å². The summed E-state index contributed by atoms with van der Waals surface area (Å²) in [6.45, 7) is 3.50. The molecule has 0 saturated carbocycles. The summed E-state index contributed by atoms with van der Waals surface area (Å²) in [5.74, 6) is 0.560. The first kappa shape index (κ1) is 16.2. The van der Waals surface area contributed by atoms with E-state index >= 15 is 0 Å². The first-order valence-corrected chi connectivity index (χ1v) is 8.21. The van der Waals surface area contributed by atoms with Gasteiger partial charge in [-0.25, -0.2) is 4.98 Å². The van der Waals surface area contributed by atoms with Gasteiger partial charge in [-0.3, -0.25) is 14.6 Å². The highest BCUT2D eigenvalue weighted by molar-refractivity contribution is 5.94. The van der Waals surface area contributed by atoms with Crippen LogP contribution in [0.2, 0.25) is 0 Å². The lowest BCUT2D eigenvalue weighted by atomic mass is 10.1. The molecule has 7 heteroatoms. The highest BCUT2D eigenvalue weighted by Crippen LogP contribution is 2.16. The van der Waals surface area contributed by atoms with E-state index in [0.717, 1.165) is 31.5 Å². The Bertz CT molecular complexity index is 773. The lowest BCUT2D eigenvalue weighted by Gasteiger charge is -2.17. The molecule has 1 amide bonds. The van der Waals surface area contributed by atoms with Crippen molar-refractivity contribution in [1.82, 2.24) is 20.3 Å². The third kappa shape index (κ3) is 3.79. The minimum atomic E-state index is -0.173. The Morgan fingerprint density at radius 3 is 3.08 bits per heavy atom. The average Bonchev–Trinajstić information content (AvgIpc) is 3.04. The number of aryl methyl sites for hydroxylation is 1. The van der Waals surface area contributed by atoms with E-state index in [4.69, 9.17) is 0 Å². The van der Waals surface area contributed by atoms with E-state index in [1.165, 1.54) is 12.4 Å². The van der Waals surface area contributed by atoms with Gasteiger partial charge >= 0.3 is 0 Å². The summed E-state index contributed by atoms with van der Waals surface area (Å²) in [5.41, 5.74) is 1.40. The number of aromatic amines is 1. The van der Waals surface area contributed by atoms with Crippen molar-refractivity contribution in [3.05, 3.63) is 52.3 Å². The van der Waals surface area contributed by atoms with Gasteiger partial charge in [0.2, 0.25) is 0 Å². The predicted octanol–water partition coefficient (Wildman–Crippen LogP) is 1.13. The second-order valence-electron chi connectivity index (χ2n) is 5.96. The minimum absolute atomic E-state index is 0.0429. The van der Waals surface area contributed by atoms with Gasteiger partial charge in [-0.15, -0.1) is 0 Å². The molecule has 3 heterocycles. The van der Waals surface area contributed by atoms with Crippen LogP contribution in [0, 0.1) is 0 Å². The summed E-state index contributed by atoms with van der Waals surface area (Å²) in [6.07, 6.45) is 5.77. The van der Waals surface area contributed by atoms with Gasteiger partial charge in [0, 0.05) is 42.7 Å². The van der Waals surface area contributed by atoms with Crippen LogP contribution in [0.25, 0.3) is 0 Å². The number of carbonyl (C=O) groups is 1.